The van der Waals surface area contributed by atoms with E-state index in [1.54, 1.807) is 0 Å². The van der Waals surface area contributed by atoms with E-state index in [4.69, 9.17) is 19.2 Å². The van der Waals surface area contributed by atoms with Gasteiger partial charge in [0.15, 0.2) is 5.76 Å². The van der Waals surface area contributed by atoms with Crippen LogP contribution >= 0.6 is 0 Å². The maximum atomic E-state index is 12.2. The van der Waals surface area contributed by atoms with Gasteiger partial charge in [-0.05, 0) is 29.9 Å². The molecule has 1 unspecified atom stereocenters. The standard InChI is InChI=1S/C31H39N2O3.CH2O2/c34-31(26-12-6-2-7-13-26,27-14-8-3-9-15-27)30-20-28(36-32-30)21-33-18-16-25(17-19-33)29(22-33)35-23-24-10-4-1-5-11-24;2-1-3/h1-2,4-7,10-13,20,25,27,29,34H,3,8-9,14-19,21-23H2;1H,(H,2,3)/q+1;/p-1/t25?,29-,31?,33?;/m0./s1. The minimum absolute atomic E-state index is 0.167. The SMILES string of the molecule is O=C[O-].OC(c1ccccc1)(c1cc(C[N+]23CCC(CC2)[C@@H](OCc2ccccc2)C3)on1)C1CCCCC1. The number of rotatable bonds is 8. The lowest BCUT2D eigenvalue weighted by molar-refractivity contribution is -0.959. The van der Waals surface area contributed by atoms with E-state index < -0.39 is 12.1 Å². The fraction of sp³-hybridized carbons (Fsp3) is 0.500. The van der Waals surface area contributed by atoms with E-state index in [2.05, 4.69) is 41.6 Å². The third-order valence-corrected chi connectivity index (χ3v) is 9.20. The molecular weight excluding hydrogens is 492 g/mol. The van der Waals surface area contributed by atoms with Crippen molar-refractivity contribution in [2.45, 2.75) is 69.8 Å². The highest BCUT2D eigenvalue weighted by Crippen LogP contribution is 2.44. The molecule has 3 aliphatic heterocycles. The number of hydrogen-bond donors (Lipinski definition) is 1. The van der Waals surface area contributed by atoms with Gasteiger partial charge in [0.05, 0.1) is 19.7 Å². The molecule has 7 rings (SSSR count). The monoisotopic (exact) mass is 532 g/mol. The molecule has 1 N–H and O–H groups in total. The molecule has 4 aliphatic rings. The van der Waals surface area contributed by atoms with E-state index in [0.29, 0.717) is 24.3 Å². The first-order chi connectivity index (χ1) is 19.1. The summed E-state index contributed by atoms with van der Waals surface area (Å²) >= 11 is 0. The van der Waals surface area contributed by atoms with Gasteiger partial charge in [-0.2, -0.15) is 0 Å². The number of carbonyl (C=O) groups is 1. The molecule has 7 heteroatoms. The molecule has 4 heterocycles. The summed E-state index contributed by atoms with van der Waals surface area (Å²) in [4.78, 5) is 8.25. The van der Waals surface area contributed by atoms with Crippen molar-refractivity contribution < 1.29 is 28.8 Å². The first-order valence-electron chi connectivity index (χ1n) is 14.4. The number of nitrogens with zero attached hydrogens (tertiary/aromatic N) is 2. The van der Waals surface area contributed by atoms with E-state index in [1.807, 2.05) is 30.3 Å². The second-order valence-corrected chi connectivity index (χ2v) is 11.5. The summed E-state index contributed by atoms with van der Waals surface area (Å²) in [7, 11) is 0. The summed E-state index contributed by atoms with van der Waals surface area (Å²) in [5.74, 6) is 1.71. The van der Waals surface area contributed by atoms with Gasteiger partial charge in [-0.1, -0.05) is 85.1 Å². The van der Waals surface area contributed by atoms with Crippen LogP contribution in [0.4, 0.5) is 0 Å². The molecule has 3 aromatic rings. The maximum Gasteiger partial charge on any atom is 0.191 e. The Morgan fingerprint density at radius 1 is 1.00 bits per heavy atom. The number of quaternary nitrogens is 1. The predicted octanol–water partition coefficient (Wildman–Crippen LogP) is 4.18. The van der Waals surface area contributed by atoms with E-state index in [-0.39, 0.29) is 5.92 Å². The minimum Gasteiger partial charge on any atom is -0.554 e. The number of fused-ring (bicyclic) bond motifs is 3. The average Bonchev–Trinajstić information content (AvgIpc) is 3.46. The van der Waals surface area contributed by atoms with Crippen LogP contribution in [0.3, 0.4) is 0 Å². The molecule has 1 aromatic heterocycles. The lowest BCUT2D eigenvalue weighted by atomic mass is 9.71. The smallest absolute Gasteiger partial charge is 0.191 e. The van der Waals surface area contributed by atoms with Crippen LogP contribution in [-0.4, -0.2) is 47.0 Å². The van der Waals surface area contributed by atoms with Crippen molar-refractivity contribution in [3.05, 3.63) is 89.3 Å². The van der Waals surface area contributed by atoms with Crippen LogP contribution < -0.4 is 5.11 Å². The maximum absolute atomic E-state index is 12.2. The lowest BCUT2D eigenvalue weighted by Crippen LogP contribution is -2.63. The van der Waals surface area contributed by atoms with Crippen LogP contribution in [0.5, 0.6) is 0 Å². The normalized spacial score (nSPS) is 26.3. The Balaban J connectivity index is 0.000000983. The molecule has 1 saturated carbocycles. The molecule has 2 bridgehead atoms. The molecule has 4 fully saturated rings. The summed E-state index contributed by atoms with van der Waals surface area (Å²) in [6, 6.07) is 22.6. The van der Waals surface area contributed by atoms with Crippen LogP contribution in [0.25, 0.3) is 0 Å². The number of carbonyl (C=O) groups excluding carboxylic acids is 1. The Labute approximate surface area is 231 Å². The number of carboxylic acid groups (broad SMARTS) is 1. The fourth-order valence-electron chi connectivity index (χ4n) is 7.11. The quantitative estimate of drug-likeness (QED) is 0.345. The van der Waals surface area contributed by atoms with Crippen molar-refractivity contribution in [1.29, 1.82) is 0 Å². The van der Waals surface area contributed by atoms with Crippen molar-refractivity contribution >= 4 is 6.47 Å². The van der Waals surface area contributed by atoms with E-state index in [1.165, 1.54) is 24.8 Å². The molecule has 2 aromatic carbocycles. The van der Waals surface area contributed by atoms with Gasteiger partial charge >= 0.3 is 0 Å². The van der Waals surface area contributed by atoms with Gasteiger partial charge in [0.1, 0.15) is 30.5 Å². The van der Waals surface area contributed by atoms with Crippen molar-refractivity contribution in [2.75, 3.05) is 19.6 Å². The second kappa shape index (κ2) is 12.5. The molecule has 1 aliphatic carbocycles. The zero-order valence-corrected chi connectivity index (χ0v) is 22.6. The Kier molecular flexibility index (Phi) is 8.80. The number of aromatic nitrogens is 1. The van der Waals surface area contributed by atoms with Gasteiger partial charge in [0, 0.05) is 31.3 Å². The first kappa shape index (κ1) is 27.6. The van der Waals surface area contributed by atoms with Crippen molar-refractivity contribution in [2.24, 2.45) is 11.8 Å². The number of piperidine rings is 3. The highest BCUT2D eigenvalue weighted by Gasteiger charge is 2.48. The van der Waals surface area contributed by atoms with Gasteiger partial charge in [0.2, 0.25) is 0 Å². The molecule has 0 spiro atoms. The van der Waals surface area contributed by atoms with Gasteiger partial charge in [-0.25, -0.2) is 0 Å². The van der Waals surface area contributed by atoms with Crippen LogP contribution in [-0.2, 0) is 28.3 Å². The van der Waals surface area contributed by atoms with Crippen molar-refractivity contribution in [3.63, 3.8) is 0 Å². The number of aliphatic hydroxyl groups is 1. The fourth-order valence-corrected chi connectivity index (χ4v) is 7.11. The Morgan fingerprint density at radius 3 is 2.31 bits per heavy atom. The lowest BCUT2D eigenvalue weighted by Gasteiger charge is -2.51. The summed E-state index contributed by atoms with van der Waals surface area (Å²) in [5.41, 5.74) is 1.75. The third kappa shape index (κ3) is 6.11. The van der Waals surface area contributed by atoms with E-state index in [9.17, 15) is 5.11 Å². The van der Waals surface area contributed by atoms with Crippen molar-refractivity contribution in [1.82, 2.24) is 5.16 Å². The Bertz CT molecular complexity index is 1170. The minimum atomic E-state index is -1.10. The molecule has 208 valence electrons. The van der Waals surface area contributed by atoms with E-state index >= 15 is 0 Å². The topological polar surface area (TPSA) is 95.6 Å². The summed E-state index contributed by atoms with van der Waals surface area (Å²) in [6.07, 6.45) is 8.32. The molecular formula is C32H40N2O5. The van der Waals surface area contributed by atoms with Crippen LogP contribution in [0.2, 0.25) is 0 Å². The summed E-state index contributed by atoms with van der Waals surface area (Å²) < 4.78 is 13.4. The van der Waals surface area contributed by atoms with Crippen molar-refractivity contribution in [3.8, 4) is 0 Å². The molecule has 39 heavy (non-hydrogen) atoms. The van der Waals surface area contributed by atoms with Gasteiger partial charge < -0.3 is 28.8 Å². The summed E-state index contributed by atoms with van der Waals surface area (Å²) in [5, 5.41) is 25.0. The largest absolute Gasteiger partial charge is 0.554 e. The molecule has 7 nitrogen and oxygen atoms in total. The van der Waals surface area contributed by atoms with Crippen LogP contribution in [0.15, 0.2) is 71.3 Å². The zero-order valence-electron chi connectivity index (χ0n) is 22.6. The highest BCUT2D eigenvalue weighted by atomic mass is 16.5. The predicted molar refractivity (Wildman–Crippen MR) is 145 cm³/mol. The van der Waals surface area contributed by atoms with Crippen LogP contribution in [0.1, 0.15) is 67.5 Å². The molecule has 2 atom stereocenters. The average molecular weight is 533 g/mol. The number of benzene rings is 2. The molecule has 0 amide bonds. The number of ether oxygens (including phenoxy) is 1. The van der Waals surface area contributed by atoms with Crippen LogP contribution in [0, 0.1) is 11.8 Å². The highest BCUT2D eigenvalue weighted by molar-refractivity contribution is 5.33. The zero-order chi connectivity index (χ0) is 27.1. The molecule has 0 radical (unpaired) electrons. The summed E-state index contributed by atoms with van der Waals surface area (Å²) in [6.45, 7) is 4.36. The third-order valence-electron chi connectivity index (χ3n) is 9.20. The van der Waals surface area contributed by atoms with Gasteiger partial charge in [-0.3, -0.25) is 0 Å². The molecule has 3 saturated heterocycles. The number of hydrogen-bond acceptors (Lipinski definition) is 6. The van der Waals surface area contributed by atoms with Gasteiger partial charge in [0.25, 0.3) is 0 Å². The van der Waals surface area contributed by atoms with Gasteiger partial charge in [-0.15, -0.1) is 0 Å². The second-order valence-electron chi connectivity index (χ2n) is 11.5. The van der Waals surface area contributed by atoms with E-state index in [0.717, 1.165) is 67.7 Å². The Morgan fingerprint density at radius 2 is 1.64 bits per heavy atom. The first-order valence-corrected chi connectivity index (χ1v) is 14.4. The Hall–Kier alpha value is -3.00.